The number of carbonyl (C=O) groups excluding carboxylic acids is 2. The van der Waals surface area contributed by atoms with Crippen molar-refractivity contribution < 1.29 is 23.8 Å². The van der Waals surface area contributed by atoms with Crippen molar-refractivity contribution in [2.75, 3.05) is 13.7 Å². The first-order valence-corrected chi connectivity index (χ1v) is 10.6. The predicted molar refractivity (Wildman–Crippen MR) is 125 cm³/mol. The van der Waals surface area contributed by atoms with Crippen molar-refractivity contribution in [1.82, 2.24) is 4.57 Å². The first kappa shape index (κ1) is 28.6. The van der Waals surface area contributed by atoms with Crippen molar-refractivity contribution in [2.45, 2.75) is 79.7 Å². The molecular weight excluding hydrogens is 396 g/mol. The number of rotatable bonds is 6. The van der Waals surface area contributed by atoms with E-state index in [1.165, 1.54) is 0 Å². The number of hydrogen-bond donors (Lipinski definition) is 1. The molecule has 0 saturated carbocycles. The quantitative estimate of drug-likeness (QED) is 0.530. The van der Waals surface area contributed by atoms with Gasteiger partial charge in [0.2, 0.25) is 0 Å². The molecule has 2 rings (SSSR count). The molecule has 7 nitrogen and oxygen atoms in total. The van der Waals surface area contributed by atoms with E-state index in [2.05, 4.69) is 0 Å². The minimum atomic E-state index is -0.541. The molecule has 0 amide bonds. The summed E-state index contributed by atoms with van der Waals surface area (Å²) < 4.78 is 17.4. The molecule has 2 aromatic rings. The van der Waals surface area contributed by atoms with Crippen molar-refractivity contribution >= 4 is 23.2 Å². The first-order chi connectivity index (χ1) is 14.4. The third kappa shape index (κ3) is 11.0. The molecule has 0 saturated heterocycles. The van der Waals surface area contributed by atoms with Crippen LogP contribution in [-0.2, 0) is 32.2 Å². The van der Waals surface area contributed by atoms with E-state index in [0.29, 0.717) is 18.6 Å². The van der Waals surface area contributed by atoms with Crippen molar-refractivity contribution in [2.24, 2.45) is 5.73 Å². The maximum absolute atomic E-state index is 12.1. The van der Waals surface area contributed by atoms with Gasteiger partial charge in [-0.1, -0.05) is 13.8 Å². The number of fused-ring (bicyclic) bond motifs is 1. The van der Waals surface area contributed by atoms with Crippen LogP contribution in [-0.4, -0.2) is 41.7 Å². The summed E-state index contributed by atoms with van der Waals surface area (Å²) in [5.41, 5.74) is 6.94. The highest BCUT2D eigenvalue weighted by Gasteiger charge is 2.19. The van der Waals surface area contributed by atoms with Crippen LogP contribution in [0, 0.1) is 0 Å². The van der Waals surface area contributed by atoms with Gasteiger partial charge in [-0.25, -0.2) is 0 Å². The molecule has 0 spiro atoms. The average Bonchev–Trinajstić information content (AvgIpc) is 3.03. The van der Waals surface area contributed by atoms with Crippen LogP contribution in [0.1, 0.15) is 61.1 Å². The number of hydrogen-bond acceptors (Lipinski definition) is 6. The van der Waals surface area contributed by atoms with Crippen LogP contribution < -0.4 is 10.5 Å². The molecule has 31 heavy (non-hydrogen) atoms. The van der Waals surface area contributed by atoms with Crippen molar-refractivity contribution in [1.29, 1.82) is 0 Å². The fourth-order valence-corrected chi connectivity index (χ4v) is 2.37. The molecule has 1 heterocycles. The van der Waals surface area contributed by atoms with Crippen molar-refractivity contribution in [3.63, 3.8) is 0 Å². The van der Waals surface area contributed by atoms with Gasteiger partial charge in [-0.3, -0.25) is 9.59 Å². The molecule has 0 bridgehead atoms. The molecule has 0 aliphatic heterocycles. The van der Waals surface area contributed by atoms with E-state index in [9.17, 15) is 9.59 Å². The predicted octanol–water partition coefficient (Wildman–Crippen LogP) is 4.48. The molecule has 0 aliphatic rings. The Kier molecular flexibility index (Phi) is 12.1. The van der Waals surface area contributed by atoms with Gasteiger partial charge >= 0.3 is 5.97 Å². The summed E-state index contributed by atoms with van der Waals surface area (Å²) in [6.45, 7) is 15.9. The van der Waals surface area contributed by atoms with E-state index in [-0.39, 0.29) is 24.7 Å². The van der Waals surface area contributed by atoms with Gasteiger partial charge in [0.25, 0.3) is 0 Å². The number of nitrogens with zero attached hydrogens (tertiary/aromatic N) is 1. The summed E-state index contributed by atoms with van der Waals surface area (Å²) >= 11 is 0. The Morgan fingerprint density at radius 2 is 1.65 bits per heavy atom. The number of carbonyl (C=O) groups is 2. The van der Waals surface area contributed by atoms with E-state index in [1.807, 2.05) is 72.1 Å². The van der Waals surface area contributed by atoms with E-state index < -0.39 is 5.60 Å². The SMILES string of the molecule is CC.CC(C)(C)OC(=O)Cn1c(CN)cc2ccc(OCC=O)cc21.COC(C)(C)C. The number of ether oxygens (including phenoxy) is 3. The third-order valence-electron chi connectivity index (χ3n) is 3.81. The van der Waals surface area contributed by atoms with Crippen LogP contribution >= 0.6 is 0 Å². The largest absolute Gasteiger partial charge is 0.486 e. The zero-order valence-electron chi connectivity index (χ0n) is 20.6. The molecule has 176 valence electrons. The summed E-state index contributed by atoms with van der Waals surface area (Å²) in [4.78, 5) is 22.6. The topological polar surface area (TPSA) is 92.8 Å². The molecule has 2 N–H and O–H groups in total. The summed E-state index contributed by atoms with van der Waals surface area (Å²) in [6, 6.07) is 7.38. The summed E-state index contributed by atoms with van der Waals surface area (Å²) in [6.07, 6.45) is 0.690. The molecule has 0 fully saturated rings. The smallest absolute Gasteiger partial charge is 0.326 e. The highest BCUT2D eigenvalue weighted by molar-refractivity contribution is 5.84. The van der Waals surface area contributed by atoms with Crippen LogP contribution in [0.15, 0.2) is 24.3 Å². The normalized spacial score (nSPS) is 11.0. The Bertz CT molecular complexity index is 814. The summed E-state index contributed by atoms with van der Waals surface area (Å²) in [5.74, 6) is 0.237. The van der Waals surface area contributed by atoms with Crippen molar-refractivity contribution in [3.05, 3.63) is 30.0 Å². The van der Waals surface area contributed by atoms with E-state index in [1.54, 1.807) is 19.2 Å². The van der Waals surface area contributed by atoms with E-state index in [4.69, 9.17) is 19.9 Å². The second-order valence-corrected chi connectivity index (χ2v) is 8.53. The fraction of sp³-hybridized carbons (Fsp3) is 0.583. The van der Waals surface area contributed by atoms with E-state index in [0.717, 1.165) is 16.6 Å². The van der Waals surface area contributed by atoms with Crippen LogP contribution in [0.2, 0.25) is 0 Å². The Hall–Kier alpha value is -2.38. The summed E-state index contributed by atoms with van der Waals surface area (Å²) in [7, 11) is 1.71. The van der Waals surface area contributed by atoms with Crippen LogP contribution in [0.4, 0.5) is 0 Å². The number of methoxy groups -OCH3 is 1. The van der Waals surface area contributed by atoms with Crippen LogP contribution in [0.25, 0.3) is 10.9 Å². The standard InChI is InChI=1S/C17H22N2O4.C5H12O.C2H6/c1-17(2,3)23-16(21)11-19-13(10-18)8-12-4-5-14(9-15(12)19)22-7-6-20;1-5(2,3)6-4;1-2/h4-6,8-9H,7,10-11,18H2,1-3H3;1-4H3;1-2H3. The molecule has 0 atom stereocenters. The molecule has 0 radical (unpaired) electrons. The Morgan fingerprint density at radius 3 is 2.10 bits per heavy atom. The first-order valence-electron chi connectivity index (χ1n) is 10.6. The second kappa shape index (κ2) is 13.1. The monoisotopic (exact) mass is 436 g/mol. The minimum Gasteiger partial charge on any atom is -0.486 e. The zero-order valence-corrected chi connectivity index (χ0v) is 20.6. The fourth-order valence-electron chi connectivity index (χ4n) is 2.37. The van der Waals surface area contributed by atoms with Crippen molar-refractivity contribution in [3.8, 4) is 5.75 Å². The zero-order chi connectivity index (χ0) is 24.2. The van der Waals surface area contributed by atoms with Gasteiger partial charge in [-0.2, -0.15) is 0 Å². The lowest BCUT2D eigenvalue weighted by Crippen LogP contribution is -2.27. The minimum absolute atomic E-state index is 0.0119. The number of aldehydes is 1. The molecule has 0 aliphatic carbocycles. The van der Waals surface area contributed by atoms with Crippen LogP contribution in [0.5, 0.6) is 5.75 Å². The summed E-state index contributed by atoms with van der Waals surface area (Å²) in [5, 5.41) is 0.951. The molecule has 0 unspecified atom stereocenters. The maximum Gasteiger partial charge on any atom is 0.326 e. The number of aromatic nitrogens is 1. The van der Waals surface area contributed by atoms with Gasteiger partial charge in [-0.05, 0) is 59.7 Å². The van der Waals surface area contributed by atoms with Crippen LogP contribution in [0.3, 0.4) is 0 Å². The number of nitrogens with two attached hydrogens (primary N) is 1. The molecular formula is C24H40N2O5. The molecule has 7 heteroatoms. The van der Waals surface area contributed by atoms with E-state index >= 15 is 0 Å². The Labute approximate surface area is 186 Å². The third-order valence-corrected chi connectivity index (χ3v) is 3.81. The second-order valence-electron chi connectivity index (χ2n) is 8.53. The Morgan fingerprint density at radius 1 is 1.06 bits per heavy atom. The van der Waals surface area contributed by atoms with Gasteiger partial charge in [0.1, 0.15) is 24.5 Å². The number of benzene rings is 1. The van der Waals surface area contributed by atoms with Gasteiger partial charge in [-0.15, -0.1) is 0 Å². The highest BCUT2D eigenvalue weighted by Crippen LogP contribution is 2.25. The van der Waals surface area contributed by atoms with Gasteiger partial charge in [0, 0.05) is 30.8 Å². The lowest BCUT2D eigenvalue weighted by molar-refractivity contribution is -0.155. The average molecular weight is 437 g/mol. The van der Waals surface area contributed by atoms with Gasteiger partial charge in [0.15, 0.2) is 6.29 Å². The molecule has 1 aromatic carbocycles. The molecule has 1 aromatic heterocycles. The van der Waals surface area contributed by atoms with Gasteiger partial charge < -0.3 is 24.5 Å². The number of esters is 1. The maximum atomic E-state index is 12.1. The Balaban J connectivity index is 0.000000970. The lowest BCUT2D eigenvalue weighted by Gasteiger charge is -2.20. The highest BCUT2D eigenvalue weighted by atomic mass is 16.6. The lowest BCUT2D eigenvalue weighted by atomic mass is 10.2. The van der Waals surface area contributed by atoms with Gasteiger partial charge in [0.05, 0.1) is 11.1 Å².